The highest BCUT2D eigenvalue weighted by molar-refractivity contribution is 5.60. The van der Waals surface area contributed by atoms with Gasteiger partial charge in [-0.05, 0) is 77.5 Å². The van der Waals surface area contributed by atoms with Crippen LogP contribution in [0.5, 0.6) is 0 Å². The van der Waals surface area contributed by atoms with E-state index in [1.807, 2.05) is 0 Å². The number of hydrogen-bond donors (Lipinski definition) is 0. The van der Waals surface area contributed by atoms with Crippen LogP contribution in [0.25, 0.3) is 0 Å². The second kappa shape index (κ2) is 8.16. The van der Waals surface area contributed by atoms with E-state index in [2.05, 4.69) is 47.3 Å². The molecule has 1 aromatic heterocycles. The third kappa shape index (κ3) is 3.54. The van der Waals surface area contributed by atoms with Crippen LogP contribution >= 0.6 is 0 Å². The molecule has 164 valence electrons. The second-order valence-electron chi connectivity index (χ2n) is 9.99. The average molecular weight is 411 g/mol. The molecule has 2 atom stereocenters. The van der Waals surface area contributed by atoms with Gasteiger partial charge in [0.25, 0.3) is 0 Å². The van der Waals surface area contributed by atoms with E-state index in [9.17, 15) is 0 Å². The summed E-state index contributed by atoms with van der Waals surface area (Å²) >= 11 is 0. The quantitative estimate of drug-likeness (QED) is 0.739. The van der Waals surface area contributed by atoms with Crippen molar-refractivity contribution < 1.29 is 4.74 Å². The summed E-state index contributed by atoms with van der Waals surface area (Å²) in [5.74, 6) is 1.15. The van der Waals surface area contributed by atoms with E-state index >= 15 is 0 Å². The number of hydrogen-bond acceptors (Lipinski definition) is 5. The van der Waals surface area contributed by atoms with Crippen LogP contribution in [0.2, 0.25) is 0 Å². The predicted octanol–water partition coefficient (Wildman–Crippen LogP) is 4.36. The van der Waals surface area contributed by atoms with Gasteiger partial charge >= 0.3 is 0 Å². The Bertz CT molecular complexity index is 782. The minimum Gasteiger partial charge on any atom is -0.381 e. The molecule has 0 unspecified atom stereocenters. The number of pyridine rings is 1. The van der Waals surface area contributed by atoms with Gasteiger partial charge in [-0.2, -0.15) is 0 Å². The maximum atomic E-state index is 5.65. The molecule has 0 radical (unpaired) electrons. The van der Waals surface area contributed by atoms with Crippen LogP contribution in [0.15, 0.2) is 24.4 Å². The molecule has 0 aromatic carbocycles. The lowest BCUT2D eigenvalue weighted by Crippen LogP contribution is -2.44. The van der Waals surface area contributed by atoms with Gasteiger partial charge in [0.2, 0.25) is 0 Å². The Morgan fingerprint density at radius 1 is 1.07 bits per heavy atom. The standard InChI is InChI=1S/C25H38N4O/c1-19-6-4-13-28(19)22-9-15-27(18-22)24-8-7-23(20(2)26-24)29-14-5-10-25(21(29)3)11-16-30-17-12-25/h7-8,19,22H,3-6,9-18H2,1-2H3/t19-,22+/m0/s1. The van der Waals surface area contributed by atoms with Gasteiger partial charge in [-0.15, -0.1) is 0 Å². The summed E-state index contributed by atoms with van der Waals surface area (Å²) in [7, 11) is 0. The summed E-state index contributed by atoms with van der Waals surface area (Å²) in [6, 6.07) is 5.98. The SMILES string of the molecule is C=C1N(c2ccc(N3CC[C@@H](N4CCC[C@@H]4C)C3)nc2C)CCCC12CCOCC2. The smallest absolute Gasteiger partial charge is 0.129 e. The number of aryl methyl sites for hydroxylation is 1. The highest BCUT2D eigenvalue weighted by atomic mass is 16.5. The summed E-state index contributed by atoms with van der Waals surface area (Å²) in [6.45, 7) is 15.5. The van der Waals surface area contributed by atoms with E-state index in [4.69, 9.17) is 9.72 Å². The first-order valence-corrected chi connectivity index (χ1v) is 12.1. The van der Waals surface area contributed by atoms with Crippen LogP contribution in [-0.4, -0.2) is 61.4 Å². The van der Waals surface area contributed by atoms with E-state index in [0.29, 0.717) is 6.04 Å². The molecule has 0 aliphatic carbocycles. The van der Waals surface area contributed by atoms with Crippen molar-refractivity contribution in [3.8, 4) is 0 Å². The minimum absolute atomic E-state index is 0.232. The second-order valence-corrected chi connectivity index (χ2v) is 9.99. The van der Waals surface area contributed by atoms with E-state index in [-0.39, 0.29) is 5.41 Å². The van der Waals surface area contributed by atoms with Crippen LogP contribution < -0.4 is 9.80 Å². The summed E-state index contributed by atoms with van der Waals surface area (Å²) < 4.78 is 5.65. The summed E-state index contributed by atoms with van der Waals surface area (Å²) in [5.41, 5.74) is 3.91. The Balaban J connectivity index is 1.31. The van der Waals surface area contributed by atoms with Gasteiger partial charge in [-0.1, -0.05) is 6.58 Å². The summed E-state index contributed by atoms with van der Waals surface area (Å²) in [5, 5.41) is 0. The zero-order valence-corrected chi connectivity index (χ0v) is 18.9. The Hall–Kier alpha value is -1.59. The first kappa shape index (κ1) is 20.3. The topological polar surface area (TPSA) is 31.8 Å². The van der Waals surface area contributed by atoms with Crippen LogP contribution in [0.1, 0.15) is 57.6 Å². The van der Waals surface area contributed by atoms with Crippen molar-refractivity contribution in [2.45, 2.75) is 70.9 Å². The van der Waals surface area contributed by atoms with Crippen molar-refractivity contribution in [2.75, 3.05) is 49.2 Å². The van der Waals surface area contributed by atoms with Crippen LogP contribution in [0.4, 0.5) is 11.5 Å². The molecule has 5 rings (SSSR count). The lowest BCUT2D eigenvalue weighted by Gasteiger charge is -2.48. The number of aromatic nitrogens is 1. The highest BCUT2D eigenvalue weighted by Gasteiger charge is 2.41. The van der Waals surface area contributed by atoms with E-state index in [0.717, 1.165) is 63.2 Å². The molecule has 5 heteroatoms. The first-order chi connectivity index (χ1) is 14.6. The van der Waals surface area contributed by atoms with Crippen molar-refractivity contribution in [1.29, 1.82) is 0 Å². The molecular formula is C25H38N4O. The number of anilines is 2. The Morgan fingerprint density at radius 2 is 1.90 bits per heavy atom. The van der Waals surface area contributed by atoms with Gasteiger partial charge in [0.1, 0.15) is 5.82 Å². The molecule has 0 bridgehead atoms. The maximum Gasteiger partial charge on any atom is 0.129 e. The number of rotatable bonds is 3. The van der Waals surface area contributed by atoms with Gasteiger partial charge in [0.05, 0.1) is 11.4 Å². The van der Waals surface area contributed by atoms with Gasteiger partial charge in [0.15, 0.2) is 0 Å². The molecule has 1 spiro atoms. The molecule has 4 aliphatic rings. The maximum absolute atomic E-state index is 5.65. The molecule has 0 saturated carbocycles. The summed E-state index contributed by atoms with van der Waals surface area (Å²) in [6.07, 6.45) is 8.67. The van der Waals surface area contributed by atoms with Gasteiger partial charge < -0.3 is 14.5 Å². The molecule has 4 aliphatic heterocycles. The lowest BCUT2D eigenvalue weighted by molar-refractivity contribution is 0.0227. The number of ether oxygens (including phenoxy) is 1. The number of likely N-dealkylation sites (tertiary alicyclic amines) is 1. The van der Waals surface area contributed by atoms with Crippen molar-refractivity contribution in [1.82, 2.24) is 9.88 Å². The monoisotopic (exact) mass is 410 g/mol. The zero-order valence-electron chi connectivity index (χ0n) is 18.9. The van der Waals surface area contributed by atoms with Gasteiger partial charge in [0, 0.05) is 56.0 Å². The molecule has 4 saturated heterocycles. The van der Waals surface area contributed by atoms with Crippen molar-refractivity contribution >= 4 is 11.5 Å². The number of nitrogens with zero attached hydrogens (tertiary/aromatic N) is 4. The van der Waals surface area contributed by atoms with Crippen LogP contribution in [-0.2, 0) is 4.74 Å². The molecule has 1 aromatic rings. The molecule has 0 amide bonds. The van der Waals surface area contributed by atoms with Crippen LogP contribution in [0.3, 0.4) is 0 Å². The first-order valence-electron chi connectivity index (χ1n) is 12.1. The van der Waals surface area contributed by atoms with Crippen molar-refractivity contribution in [2.24, 2.45) is 5.41 Å². The highest BCUT2D eigenvalue weighted by Crippen LogP contribution is 2.47. The fraction of sp³-hybridized carbons (Fsp3) is 0.720. The molecular weight excluding hydrogens is 372 g/mol. The Morgan fingerprint density at radius 3 is 2.63 bits per heavy atom. The fourth-order valence-corrected chi connectivity index (χ4v) is 6.43. The van der Waals surface area contributed by atoms with Crippen LogP contribution in [0, 0.1) is 12.3 Å². The molecule has 4 fully saturated rings. The zero-order chi connectivity index (χ0) is 20.7. The normalized spacial score (nSPS) is 29.9. The third-order valence-electron chi connectivity index (χ3n) is 8.32. The Kier molecular flexibility index (Phi) is 5.53. The van der Waals surface area contributed by atoms with Crippen molar-refractivity contribution in [3.63, 3.8) is 0 Å². The molecule has 30 heavy (non-hydrogen) atoms. The van der Waals surface area contributed by atoms with Crippen molar-refractivity contribution in [3.05, 3.63) is 30.1 Å². The number of allylic oxidation sites excluding steroid dienone is 1. The third-order valence-corrected chi connectivity index (χ3v) is 8.32. The van der Waals surface area contributed by atoms with E-state index < -0.39 is 0 Å². The lowest BCUT2D eigenvalue weighted by atomic mass is 9.71. The number of piperidine rings is 1. The predicted molar refractivity (Wildman–Crippen MR) is 123 cm³/mol. The Labute approximate surface area is 182 Å². The average Bonchev–Trinajstić information content (AvgIpc) is 3.40. The minimum atomic E-state index is 0.232. The fourth-order valence-electron chi connectivity index (χ4n) is 6.43. The largest absolute Gasteiger partial charge is 0.381 e. The van der Waals surface area contributed by atoms with Gasteiger partial charge in [-0.25, -0.2) is 4.98 Å². The van der Waals surface area contributed by atoms with E-state index in [1.54, 1.807) is 0 Å². The molecule has 5 heterocycles. The molecule has 0 N–H and O–H groups in total. The van der Waals surface area contributed by atoms with E-state index in [1.165, 1.54) is 50.0 Å². The summed E-state index contributed by atoms with van der Waals surface area (Å²) in [4.78, 5) is 12.8. The molecule has 5 nitrogen and oxygen atoms in total. The van der Waals surface area contributed by atoms with Gasteiger partial charge in [-0.3, -0.25) is 4.90 Å².